The zero-order valence-corrected chi connectivity index (χ0v) is 19.7. The van der Waals surface area contributed by atoms with Gasteiger partial charge in [0.25, 0.3) is 15.9 Å². The van der Waals surface area contributed by atoms with Gasteiger partial charge in [-0.05, 0) is 66.6 Å². The maximum Gasteiger partial charge on any atom is 0.261 e. The minimum Gasteiger partial charge on any atom is -0.352 e. The molecule has 0 saturated heterocycles. The van der Waals surface area contributed by atoms with Crippen LogP contribution in [0.2, 0.25) is 20.1 Å². The predicted molar refractivity (Wildman–Crippen MR) is 126 cm³/mol. The van der Waals surface area contributed by atoms with E-state index in [9.17, 15) is 13.2 Å². The molecule has 3 aromatic carbocycles. The molecule has 0 unspecified atom stereocenters. The molecule has 0 aliphatic rings. The number of hydrogen-bond donors (Lipinski definition) is 2. The molecule has 0 aliphatic heterocycles. The lowest BCUT2D eigenvalue weighted by Gasteiger charge is -2.14. The summed E-state index contributed by atoms with van der Waals surface area (Å²) in [5, 5.41) is 4.43. The number of halogens is 4. The highest BCUT2D eigenvalue weighted by Gasteiger charge is 2.19. The zero-order chi connectivity index (χ0) is 22.6. The van der Waals surface area contributed by atoms with Gasteiger partial charge in [-0.2, -0.15) is 0 Å². The molecule has 0 spiro atoms. The van der Waals surface area contributed by atoms with Crippen LogP contribution in [0.4, 0.5) is 5.69 Å². The Hall–Kier alpha value is -1.96. The van der Waals surface area contributed by atoms with Gasteiger partial charge < -0.3 is 5.32 Å². The van der Waals surface area contributed by atoms with Crippen molar-refractivity contribution in [1.29, 1.82) is 0 Å². The standard InChI is InChI=1S/C21H16Cl4N2O3S/c22-13-4-7-15(8-5-13)31(29,30)27-20-9-6-14(23)12-17(20)21(28)26-11-10-16-18(24)2-1-3-19(16)25/h1-9,12,27H,10-11H2,(H,26,28). The number of hydrogen-bond acceptors (Lipinski definition) is 3. The average molecular weight is 518 g/mol. The van der Waals surface area contributed by atoms with Gasteiger partial charge in [0.15, 0.2) is 0 Å². The van der Waals surface area contributed by atoms with E-state index in [0.717, 1.165) is 0 Å². The first-order valence-electron chi connectivity index (χ1n) is 8.96. The second-order valence-electron chi connectivity index (χ2n) is 6.46. The van der Waals surface area contributed by atoms with Gasteiger partial charge in [0.05, 0.1) is 16.1 Å². The summed E-state index contributed by atoms with van der Waals surface area (Å²) >= 11 is 24.1. The van der Waals surface area contributed by atoms with Crippen molar-refractivity contribution in [3.8, 4) is 0 Å². The summed E-state index contributed by atoms with van der Waals surface area (Å²) in [5.41, 5.74) is 0.879. The van der Waals surface area contributed by atoms with E-state index in [1.54, 1.807) is 18.2 Å². The van der Waals surface area contributed by atoms with Crippen LogP contribution in [-0.4, -0.2) is 20.9 Å². The summed E-state index contributed by atoms with van der Waals surface area (Å²) in [6, 6.07) is 15.1. The maximum absolute atomic E-state index is 12.8. The molecule has 5 nitrogen and oxygen atoms in total. The van der Waals surface area contributed by atoms with Crippen LogP contribution in [0.5, 0.6) is 0 Å². The van der Waals surface area contributed by atoms with E-state index in [2.05, 4.69) is 10.0 Å². The van der Waals surface area contributed by atoms with Gasteiger partial charge in [-0.15, -0.1) is 0 Å². The minimum atomic E-state index is -3.94. The average Bonchev–Trinajstić information content (AvgIpc) is 2.71. The lowest BCUT2D eigenvalue weighted by molar-refractivity contribution is 0.0955. The van der Waals surface area contributed by atoms with E-state index in [1.165, 1.54) is 42.5 Å². The van der Waals surface area contributed by atoms with Gasteiger partial charge in [0, 0.05) is 26.6 Å². The van der Waals surface area contributed by atoms with E-state index in [0.29, 0.717) is 27.1 Å². The molecule has 0 bridgehead atoms. The van der Waals surface area contributed by atoms with Crippen molar-refractivity contribution in [2.45, 2.75) is 11.3 Å². The lowest BCUT2D eigenvalue weighted by atomic mass is 10.1. The Bertz CT molecular complexity index is 1200. The summed E-state index contributed by atoms with van der Waals surface area (Å²) < 4.78 is 27.8. The van der Waals surface area contributed by atoms with Gasteiger partial charge >= 0.3 is 0 Å². The van der Waals surface area contributed by atoms with Crippen LogP contribution in [0, 0.1) is 0 Å². The number of rotatable bonds is 7. The quantitative estimate of drug-likeness (QED) is 0.399. The molecule has 3 aromatic rings. The van der Waals surface area contributed by atoms with Gasteiger partial charge in [0.2, 0.25) is 0 Å². The number of carbonyl (C=O) groups is 1. The van der Waals surface area contributed by atoms with E-state index >= 15 is 0 Å². The maximum atomic E-state index is 12.8. The lowest BCUT2D eigenvalue weighted by Crippen LogP contribution is -2.27. The van der Waals surface area contributed by atoms with E-state index in [1.807, 2.05) is 0 Å². The van der Waals surface area contributed by atoms with Crippen molar-refractivity contribution in [2.75, 3.05) is 11.3 Å². The van der Waals surface area contributed by atoms with Crippen LogP contribution in [0.15, 0.2) is 65.6 Å². The normalized spacial score (nSPS) is 11.2. The first-order valence-corrected chi connectivity index (χ1v) is 12.0. The third-order valence-electron chi connectivity index (χ3n) is 4.32. The molecule has 31 heavy (non-hydrogen) atoms. The van der Waals surface area contributed by atoms with Gasteiger partial charge in [-0.3, -0.25) is 9.52 Å². The highest BCUT2D eigenvalue weighted by molar-refractivity contribution is 7.92. The van der Waals surface area contributed by atoms with Gasteiger partial charge in [-0.25, -0.2) is 8.42 Å². The van der Waals surface area contributed by atoms with Crippen LogP contribution in [0.25, 0.3) is 0 Å². The van der Waals surface area contributed by atoms with Crippen molar-refractivity contribution in [1.82, 2.24) is 5.32 Å². The second kappa shape index (κ2) is 10.1. The number of sulfonamides is 1. The summed E-state index contributed by atoms with van der Waals surface area (Å²) in [6.45, 7) is 0.234. The van der Waals surface area contributed by atoms with E-state index in [4.69, 9.17) is 46.4 Å². The highest BCUT2D eigenvalue weighted by atomic mass is 35.5. The molecule has 0 aromatic heterocycles. The molecule has 0 fully saturated rings. The molecular weight excluding hydrogens is 502 g/mol. The summed E-state index contributed by atoms with van der Waals surface area (Å²) in [5.74, 6) is -0.500. The zero-order valence-electron chi connectivity index (χ0n) is 15.8. The molecule has 1 amide bonds. The monoisotopic (exact) mass is 516 g/mol. The fourth-order valence-corrected chi connectivity index (χ4v) is 4.74. The Kier molecular flexibility index (Phi) is 7.73. The van der Waals surface area contributed by atoms with Crippen LogP contribution in [0.1, 0.15) is 15.9 Å². The molecule has 10 heteroatoms. The third kappa shape index (κ3) is 6.05. The van der Waals surface area contributed by atoms with Crippen LogP contribution in [0.3, 0.4) is 0 Å². The fourth-order valence-electron chi connectivity index (χ4n) is 2.78. The highest BCUT2D eigenvalue weighted by Crippen LogP contribution is 2.26. The predicted octanol–water partition coefficient (Wildman–Crippen LogP) is 6.07. The van der Waals surface area contributed by atoms with E-state index in [-0.39, 0.29) is 27.7 Å². The Morgan fingerprint density at radius 2 is 1.45 bits per heavy atom. The Morgan fingerprint density at radius 1 is 0.839 bits per heavy atom. The SMILES string of the molecule is O=C(NCCc1c(Cl)cccc1Cl)c1cc(Cl)ccc1NS(=O)(=O)c1ccc(Cl)cc1. The second-order valence-corrected chi connectivity index (χ2v) is 9.83. The molecule has 0 heterocycles. The number of amides is 1. The smallest absolute Gasteiger partial charge is 0.261 e. The summed E-state index contributed by atoms with van der Waals surface area (Å²) in [7, 11) is -3.94. The van der Waals surface area contributed by atoms with Gasteiger partial charge in [-0.1, -0.05) is 52.5 Å². The fraction of sp³-hybridized carbons (Fsp3) is 0.0952. The van der Waals surface area contributed by atoms with Crippen molar-refractivity contribution >= 4 is 68.0 Å². The molecule has 0 radical (unpaired) electrons. The third-order valence-corrected chi connectivity index (χ3v) is 6.89. The molecule has 2 N–H and O–H groups in total. The molecule has 162 valence electrons. The van der Waals surface area contributed by atoms with Crippen molar-refractivity contribution in [2.24, 2.45) is 0 Å². The van der Waals surface area contributed by atoms with Gasteiger partial charge in [0.1, 0.15) is 0 Å². The Labute approximate surface area is 200 Å². The first kappa shape index (κ1) is 23.7. The molecule has 3 rings (SSSR count). The Morgan fingerprint density at radius 3 is 2.10 bits per heavy atom. The summed E-state index contributed by atoms with van der Waals surface area (Å²) in [6.07, 6.45) is 0.399. The number of benzene rings is 3. The molecule has 0 aliphatic carbocycles. The largest absolute Gasteiger partial charge is 0.352 e. The van der Waals surface area contributed by atoms with Crippen molar-refractivity contribution < 1.29 is 13.2 Å². The van der Waals surface area contributed by atoms with Crippen LogP contribution >= 0.6 is 46.4 Å². The summed E-state index contributed by atoms with van der Waals surface area (Å²) in [4.78, 5) is 12.8. The van der Waals surface area contributed by atoms with Crippen LogP contribution < -0.4 is 10.0 Å². The molecular formula is C21H16Cl4N2O3S. The minimum absolute atomic E-state index is 0.00608. The van der Waals surface area contributed by atoms with Crippen LogP contribution in [-0.2, 0) is 16.4 Å². The number of anilines is 1. The van der Waals surface area contributed by atoms with E-state index < -0.39 is 15.9 Å². The number of carbonyl (C=O) groups excluding carboxylic acids is 1. The first-order chi connectivity index (χ1) is 14.7. The van der Waals surface area contributed by atoms with Crippen molar-refractivity contribution in [3.05, 3.63) is 91.9 Å². The Balaban J connectivity index is 1.77. The van der Waals surface area contributed by atoms with Crippen molar-refractivity contribution in [3.63, 3.8) is 0 Å². The molecule has 0 atom stereocenters. The number of nitrogens with one attached hydrogen (secondary N) is 2. The topological polar surface area (TPSA) is 75.3 Å². The molecule has 0 saturated carbocycles.